The first-order chi connectivity index (χ1) is 14.7. The smallest absolute Gasteiger partial charge is 0.309 e. The Morgan fingerprint density at radius 2 is 1.37 bits per heavy atom. The second-order valence-electron chi connectivity index (χ2n) is 8.23. The molecular weight excluding hydrogens is 370 g/mol. The van der Waals surface area contributed by atoms with Crippen molar-refractivity contribution in [2.24, 2.45) is 11.8 Å². The molecular formula is C27H29NO2. The molecule has 3 aromatic rings. The number of esters is 1. The summed E-state index contributed by atoms with van der Waals surface area (Å²) in [5.41, 5.74) is 3.63. The Hall–Kier alpha value is -2.91. The van der Waals surface area contributed by atoms with E-state index < -0.39 is 0 Å². The summed E-state index contributed by atoms with van der Waals surface area (Å²) < 4.78 is 5.75. The number of ether oxygens (including phenoxy) is 1. The van der Waals surface area contributed by atoms with Crippen molar-refractivity contribution in [2.45, 2.75) is 32.5 Å². The second-order valence-corrected chi connectivity index (χ2v) is 8.23. The van der Waals surface area contributed by atoms with E-state index in [9.17, 15) is 4.79 Å². The summed E-state index contributed by atoms with van der Waals surface area (Å²) >= 11 is 0. The third-order valence-electron chi connectivity index (χ3n) is 5.78. The first kappa shape index (κ1) is 20.4. The molecule has 0 saturated heterocycles. The molecule has 0 bridgehead atoms. The second kappa shape index (κ2) is 9.73. The molecule has 0 heterocycles. The van der Waals surface area contributed by atoms with Gasteiger partial charge in [-0.3, -0.25) is 9.69 Å². The van der Waals surface area contributed by atoms with E-state index in [-0.39, 0.29) is 18.0 Å². The van der Waals surface area contributed by atoms with Crippen LogP contribution in [0.5, 0.6) is 0 Å². The maximum absolute atomic E-state index is 12.7. The summed E-state index contributed by atoms with van der Waals surface area (Å²) in [5.74, 6) is 0.328. The summed E-state index contributed by atoms with van der Waals surface area (Å²) in [4.78, 5) is 15.1. The molecule has 3 heteroatoms. The van der Waals surface area contributed by atoms with Crippen molar-refractivity contribution in [1.29, 1.82) is 0 Å². The Labute approximate surface area is 179 Å². The molecule has 3 nitrogen and oxygen atoms in total. The lowest BCUT2D eigenvalue weighted by Gasteiger charge is -2.23. The Kier molecular flexibility index (Phi) is 6.60. The molecule has 30 heavy (non-hydrogen) atoms. The summed E-state index contributed by atoms with van der Waals surface area (Å²) in [6.07, 6.45) is 0.713. The number of benzene rings is 3. The molecule has 0 aromatic heterocycles. The number of rotatable bonds is 9. The Morgan fingerprint density at radius 3 is 1.90 bits per heavy atom. The van der Waals surface area contributed by atoms with Gasteiger partial charge in [0, 0.05) is 19.6 Å². The van der Waals surface area contributed by atoms with Gasteiger partial charge in [0.05, 0.1) is 5.92 Å². The van der Waals surface area contributed by atoms with E-state index in [1.165, 1.54) is 11.1 Å². The van der Waals surface area contributed by atoms with Crippen molar-refractivity contribution in [3.05, 3.63) is 108 Å². The van der Waals surface area contributed by atoms with E-state index in [0.29, 0.717) is 5.92 Å². The number of hydrogen-bond acceptors (Lipinski definition) is 3. The molecule has 3 aromatic carbocycles. The van der Waals surface area contributed by atoms with Crippen molar-refractivity contribution in [3.8, 4) is 0 Å². The van der Waals surface area contributed by atoms with E-state index in [4.69, 9.17) is 4.74 Å². The lowest BCUT2D eigenvalue weighted by molar-refractivity contribution is -0.150. The van der Waals surface area contributed by atoms with Gasteiger partial charge in [0.15, 0.2) is 0 Å². The molecule has 1 aliphatic carbocycles. The Bertz CT molecular complexity index is 885. The highest BCUT2D eigenvalue weighted by Gasteiger charge is 2.45. The molecule has 3 atom stereocenters. The monoisotopic (exact) mass is 399 g/mol. The highest BCUT2D eigenvalue weighted by Crippen LogP contribution is 2.41. The average molecular weight is 400 g/mol. The first-order valence-corrected chi connectivity index (χ1v) is 10.7. The third-order valence-corrected chi connectivity index (χ3v) is 5.78. The van der Waals surface area contributed by atoms with Crippen LogP contribution in [-0.2, 0) is 22.6 Å². The molecule has 1 fully saturated rings. The van der Waals surface area contributed by atoms with Crippen LogP contribution in [0.2, 0.25) is 0 Å². The average Bonchev–Trinajstić information content (AvgIpc) is 3.55. The molecule has 0 radical (unpaired) electrons. The molecule has 0 aliphatic heterocycles. The van der Waals surface area contributed by atoms with Crippen LogP contribution in [-0.4, -0.2) is 17.4 Å². The lowest BCUT2D eigenvalue weighted by atomic mass is 10.1. The highest BCUT2D eigenvalue weighted by molar-refractivity contribution is 5.76. The van der Waals surface area contributed by atoms with Gasteiger partial charge in [0.2, 0.25) is 0 Å². The van der Waals surface area contributed by atoms with Crippen molar-refractivity contribution < 1.29 is 9.53 Å². The van der Waals surface area contributed by atoms with Crippen LogP contribution < -0.4 is 0 Å². The molecule has 0 N–H and O–H groups in total. The predicted molar refractivity (Wildman–Crippen MR) is 120 cm³/mol. The van der Waals surface area contributed by atoms with Gasteiger partial charge in [-0.1, -0.05) is 91.0 Å². The van der Waals surface area contributed by atoms with Crippen molar-refractivity contribution in [1.82, 2.24) is 4.90 Å². The van der Waals surface area contributed by atoms with Crippen molar-refractivity contribution >= 4 is 5.97 Å². The largest absolute Gasteiger partial charge is 0.458 e. The van der Waals surface area contributed by atoms with Crippen LogP contribution in [0.1, 0.15) is 36.1 Å². The first-order valence-electron chi connectivity index (χ1n) is 10.7. The van der Waals surface area contributed by atoms with Crippen LogP contribution in [0, 0.1) is 11.8 Å². The van der Waals surface area contributed by atoms with Crippen LogP contribution in [0.4, 0.5) is 0 Å². The van der Waals surface area contributed by atoms with Crippen molar-refractivity contribution in [2.75, 3.05) is 6.54 Å². The highest BCUT2D eigenvalue weighted by atomic mass is 16.5. The maximum Gasteiger partial charge on any atom is 0.309 e. The minimum atomic E-state index is -0.204. The molecule has 0 spiro atoms. The van der Waals surface area contributed by atoms with E-state index in [2.05, 4.69) is 53.4 Å². The standard InChI is InChI=1S/C27H29NO2/c1-21(24-15-9-4-10-16-24)30-27(29)26-17-25(26)20-28(18-22-11-5-2-6-12-22)19-23-13-7-3-8-14-23/h2-16,21,25-26H,17-20H2,1H3. The van der Waals surface area contributed by atoms with E-state index in [1.54, 1.807) is 0 Å². The Morgan fingerprint density at radius 1 is 0.867 bits per heavy atom. The zero-order valence-electron chi connectivity index (χ0n) is 17.5. The molecule has 4 rings (SSSR count). The zero-order valence-corrected chi connectivity index (χ0v) is 17.5. The van der Waals surface area contributed by atoms with Gasteiger partial charge in [0.1, 0.15) is 6.10 Å². The number of carbonyl (C=O) groups excluding carboxylic acids is 1. The fraction of sp³-hybridized carbons (Fsp3) is 0.296. The van der Waals surface area contributed by atoms with Gasteiger partial charge in [-0.05, 0) is 36.0 Å². The Balaban J connectivity index is 1.35. The van der Waals surface area contributed by atoms with Gasteiger partial charge in [-0.15, -0.1) is 0 Å². The summed E-state index contributed by atoms with van der Waals surface area (Å²) in [5, 5.41) is 0. The quantitative estimate of drug-likeness (QED) is 0.437. The van der Waals surface area contributed by atoms with Crippen LogP contribution in [0.15, 0.2) is 91.0 Å². The van der Waals surface area contributed by atoms with E-state index in [0.717, 1.165) is 31.6 Å². The van der Waals surface area contributed by atoms with E-state index >= 15 is 0 Å². The maximum atomic E-state index is 12.7. The van der Waals surface area contributed by atoms with Crippen molar-refractivity contribution in [3.63, 3.8) is 0 Å². The van der Waals surface area contributed by atoms with Gasteiger partial charge < -0.3 is 4.74 Å². The summed E-state index contributed by atoms with van der Waals surface area (Å²) in [6.45, 7) is 4.62. The molecule has 3 unspecified atom stereocenters. The van der Waals surface area contributed by atoms with Gasteiger partial charge in [0.25, 0.3) is 0 Å². The molecule has 1 saturated carbocycles. The summed E-state index contributed by atoms with van der Waals surface area (Å²) in [7, 11) is 0. The fourth-order valence-electron chi connectivity index (χ4n) is 3.99. The topological polar surface area (TPSA) is 29.5 Å². The number of nitrogens with zero attached hydrogens (tertiary/aromatic N) is 1. The number of carbonyl (C=O) groups is 1. The van der Waals surface area contributed by atoms with Gasteiger partial charge in [-0.25, -0.2) is 0 Å². The minimum absolute atomic E-state index is 0.0187. The zero-order chi connectivity index (χ0) is 20.8. The summed E-state index contributed by atoms with van der Waals surface area (Å²) in [6, 6.07) is 31.0. The van der Waals surface area contributed by atoms with Gasteiger partial charge >= 0.3 is 5.97 Å². The molecule has 1 aliphatic rings. The van der Waals surface area contributed by atoms with Crippen LogP contribution in [0.3, 0.4) is 0 Å². The number of hydrogen-bond donors (Lipinski definition) is 0. The van der Waals surface area contributed by atoms with E-state index in [1.807, 2.05) is 49.4 Å². The fourth-order valence-corrected chi connectivity index (χ4v) is 3.99. The normalized spacial score (nSPS) is 18.7. The van der Waals surface area contributed by atoms with Crippen LogP contribution >= 0.6 is 0 Å². The molecule has 154 valence electrons. The lowest BCUT2D eigenvalue weighted by Crippen LogP contribution is -2.26. The third kappa shape index (κ3) is 5.58. The van der Waals surface area contributed by atoms with Crippen LogP contribution in [0.25, 0.3) is 0 Å². The SMILES string of the molecule is CC(OC(=O)C1CC1CN(Cc1ccccc1)Cc1ccccc1)c1ccccc1. The molecule has 0 amide bonds. The minimum Gasteiger partial charge on any atom is -0.458 e. The predicted octanol–water partition coefficient (Wildman–Crippen LogP) is 5.63. The van der Waals surface area contributed by atoms with Gasteiger partial charge in [-0.2, -0.15) is 0 Å².